The Morgan fingerprint density at radius 2 is 2.00 bits per heavy atom. The monoisotopic (exact) mass is 337 g/mol. The summed E-state index contributed by atoms with van der Waals surface area (Å²) in [5.74, 6) is -0.168. The van der Waals surface area contributed by atoms with Gasteiger partial charge in [0.2, 0.25) is 0 Å². The van der Waals surface area contributed by atoms with Crippen molar-refractivity contribution in [1.82, 2.24) is 15.4 Å². The molecule has 7 heteroatoms. The van der Waals surface area contributed by atoms with Gasteiger partial charge in [-0.3, -0.25) is 4.79 Å². The van der Waals surface area contributed by atoms with Gasteiger partial charge in [0, 0.05) is 37.1 Å². The lowest BCUT2D eigenvalue weighted by molar-refractivity contribution is 0.102. The first-order chi connectivity index (χ1) is 12.2. The summed E-state index contributed by atoms with van der Waals surface area (Å²) >= 11 is 0. The van der Waals surface area contributed by atoms with Crippen LogP contribution in [-0.4, -0.2) is 47.6 Å². The maximum atomic E-state index is 12.4. The Bertz CT molecular complexity index is 890. The fraction of sp³-hybridized carbons (Fsp3) is 0.278. The fourth-order valence-corrected chi connectivity index (χ4v) is 3.10. The zero-order valence-corrected chi connectivity index (χ0v) is 13.9. The van der Waals surface area contributed by atoms with Crippen molar-refractivity contribution in [1.29, 1.82) is 0 Å². The van der Waals surface area contributed by atoms with E-state index in [1.165, 1.54) is 0 Å². The molecule has 1 aliphatic heterocycles. The first kappa shape index (κ1) is 15.6. The second-order valence-electron chi connectivity index (χ2n) is 6.12. The molecule has 0 saturated carbocycles. The van der Waals surface area contributed by atoms with E-state index in [9.17, 15) is 4.79 Å². The fourth-order valence-electron chi connectivity index (χ4n) is 3.10. The summed E-state index contributed by atoms with van der Waals surface area (Å²) in [5, 5.41) is 13.4. The van der Waals surface area contributed by atoms with Crippen LogP contribution in [0.4, 0.5) is 11.4 Å². The van der Waals surface area contributed by atoms with Gasteiger partial charge < -0.3 is 15.0 Å². The number of aromatic amines is 1. The molecule has 3 aromatic rings. The summed E-state index contributed by atoms with van der Waals surface area (Å²) in [6.07, 6.45) is 1.34. The van der Waals surface area contributed by atoms with Crippen LogP contribution in [0.15, 0.2) is 42.5 Å². The van der Waals surface area contributed by atoms with Crippen LogP contribution in [0.2, 0.25) is 0 Å². The van der Waals surface area contributed by atoms with Crippen molar-refractivity contribution in [2.75, 3.05) is 30.4 Å². The average molecular weight is 337 g/mol. The SMILES string of the molecule is COC1CCN(c2ccc(NC(=O)c3ccc4n[nH]nc4c3)cc2)C1. The van der Waals surface area contributed by atoms with Crippen molar-refractivity contribution in [3.63, 3.8) is 0 Å². The van der Waals surface area contributed by atoms with Crippen LogP contribution in [0.25, 0.3) is 11.0 Å². The highest BCUT2D eigenvalue weighted by Crippen LogP contribution is 2.23. The van der Waals surface area contributed by atoms with Gasteiger partial charge >= 0.3 is 0 Å². The summed E-state index contributed by atoms with van der Waals surface area (Å²) in [6.45, 7) is 1.89. The molecule has 1 fully saturated rings. The number of anilines is 2. The smallest absolute Gasteiger partial charge is 0.255 e. The lowest BCUT2D eigenvalue weighted by Crippen LogP contribution is -2.22. The quantitative estimate of drug-likeness (QED) is 0.764. The molecular formula is C18H19N5O2. The molecule has 2 aromatic carbocycles. The number of methoxy groups -OCH3 is 1. The van der Waals surface area contributed by atoms with E-state index in [1.807, 2.05) is 24.3 Å². The Morgan fingerprint density at radius 3 is 2.76 bits per heavy atom. The second kappa shape index (κ2) is 6.52. The molecular weight excluding hydrogens is 318 g/mol. The van der Waals surface area contributed by atoms with E-state index in [0.717, 1.165) is 36.4 Å². The van der Waals surface area contributed by atoms with Crippen LogP contribution >= 0.6 is 0 Å². The number of fused-ring (bicyclic) bond motifs is 1. The second-order valence-corrected chi connectivity index (χ2v) is 6.12. The molecule has 1 aliphatic rings. The zero-order valence-electron chi connectivity index (χ0n) is 13.9. The number of nitrogens with one attached hydrogen (secondary N) is 2. The molecule has 2 N–H and O–H groups in total. The van der Waals surface area contributed by atoms with E-state index >= 15 is 0 Å². The van der Waals surface area contributed by atoms with Gasteiger partial charge in [-0.1, -0.05) is 0 Å². The number of nitrogens with zero attached hydrogens (tertiary/aromatic N) is 3. The third-order valence-corrected chi connectivity index (χ3v) is 4.55. The third kappa shape index (κ3) is 3.18. The van der Waals surface area contributed by atoms with Crippen molar-refractivity contribution in [3.8, 4) is 0 Å². The van der Waals surface area contributed by atoms with Crippen LogP contribution in [0, 0.1) is 0 Å². The topological polar surface area (TPSA) is 83.1 Å². The molecule has 2 heterocycles. The Morgan fingerprint density at radius 1 is 1.20 bits per heavy atom. The first-order valence-corrected chi connectivity index (χ1v) is 8.22. The highest BCUT2D eigenvalue weighted by Gasteiger charge is 2.22. The van der Waals surface area contributed by atoms with Crippen molar-refractivity contribution >= 4 is 28.3 Å². The Hall–Kier alpha value is -2.93. The number of carbonyl (C=O) groups excluding carboxylic acids is 1. The van der Waals surface area contributed by atoms with Gasteiger partial charge in [0.25, 0.3) is 5.91 Å². The molecule has 7 nitrogen and oxygen atoms in total. The summed E-state index contributed by atoms with van der Waals surface area (Å²) in [6, 6.07) is 13.1. The van der Waals surface area contributed by atoms with E-state index in [4.69, 9.17) is 4.74 Å². The number of rotatable bonds is 4. The highest BCUT2D eigenvalue weighted by atomic mass is 16.5. The Balaban J connectivity index is 1.44. The lowest BCUT2D eigenvalue weighted by Gasteiger charge is -2.18. The maximum absolute atomic E-state index is 12.4. The molecule has 1 aromatic heterocycles. The van der Waals surface area contributed by atoms with Gasteiger partial charge in [0.15, 0.2) is 0 Å². The predicted octanol–water partition coefficient (Wildman–Crippen LogP) is 2.44. The van der Waals surface area contributed by atoms with Crippen LogP contribution < -0.4 is 10.2 Å². The number of ether oxygens (including phenoxy) is 1. The first-order valence-electron chi connectivity index (χ1n) is 8.22. The molecule has 1 atom stereocenters. The Kier molecular flexibility index (Phi) is 4.07. The Labute approximate surface area is 145 Å². The van der Waals surface area contributed by atoms with E-state index in [1.54, 1.807) is 25.3 Å². The van der Waals surface area contributed by atoms with Crippen molar-refractivity contribution < 1.29 is 9.53 Å². The standard InChI is InChI=1S/C18H19N5O2/c1-25-15-8-9-23(11-15)14-5-3-13(4-6-14)19-18(24)12-2-7-16-17(10-12)21-22-20-16/h2-7,10,15H,8-9,11H2,1H3,(H,19,24)(H,20,21,22). The van der Waals surface area contributed by atoms with Crippen LogP contribution in [0.3, 0.4) is 0 Å². The van der Waals surface area contributed by atoms with E-state index in [0.29, 0.717) is 17.2 Å². The van der Waals surface area contributed by atoms with Gasteiger partial charge in [-0.25, -0.2) is 0 Å². The minimum absolute atomic E-state index is 0.168. The van der Waals surface area contributed by atoms with Gasteiger partial charge in [0.05, 0.1) is 6.10 Å². The number of aromatic nitrogens is 3. The normalized spacial score (nSPS) is 17.2. The zero-order chi connectivity index (χ0) is 17.2. The van der Waals surface area contributed by atoms with Crippen molar-refractivity contribution in [2.45, 2.75) is 12.5 Å². The minimum Gasteiger partial charge on any atom is -0.380 e. The summed E-state index contributed by atoms with van der Waals surface area (Å²) in [7, 11) is 1.75. The predicted molar refractivity (Wildman–Crippen MR) is 95.9 cm³/mol. The number of amides is 1. The molecule has 128 valence electrons. The molecule has 1 amide bonds. The third-order valence-electron chi connectivity index (χ3n) is 4.55. The van der Waals surface area contributed by atoms with E-state index in [2.05, 4.69) is 25.6 Å². The molecule has 0 radical (unpaired) electrons. The van der Waals surface area contributed by atoms with Gasteiger partial charge in [0.1, 0.15) is 11.0 Å². The van der Waals surface area contributed by atoms with Gasteiger partial charge in [-0.2, -0.15) is 15.4 Å². The van der Waals surface area contributed by atoms with Crippen molar-refractivity contribution in [3.05, 3.63) is 48.0 Å². The van der Waals surface area contributed by atoms with Gasteiger partial charge in [-0.15, -0.1) is 0 Å². The molecule has 1 unspecified atom stereocenters. The van der Waals surface area contributed by atoms with E-state index < -0.39 is 0 Å². The van der Waals surface area contributed by atoms with Crippen LogP contribution in [-0.2, 0) is 4.74 Å². The number of carbonyl (C=O) groups is 1. The van der Waals surface area contributed by atoms with Crippen LogP contribution in [0.1, 0.15) is 16.8 Å². The largest absolute Gasteiger partial charge is 0.380 e. The maximum Gasteiger partial charge on any atom is 0.255 e. The van der Waals surface area contributed by atoms with Crippen molar-refractivity contribution in [2.24, 2.45) is 0 Å². The number of hydrogen-bond acceptors (Lipinski definition) is 5. The molecule has 1 saturated heterocycles. The van der Waals surface area contributed by atoms with Crippen LogP contribution in [0.5, 0.6) is 0 Å². The lowest BCUT2D eigenvalue weighted by atomic mass is 10.2. The molecule has 4 rings (SSSR count). The number of H-pyrrole nitrogens is 1. The summed E-state index contributed by atoms with van der Waals surface area (Å²) in [5.41, 5.74) is 3.86. The van der Waals surface area contributed by atoms with E-state index in [-0.39, 0.29) is 5.91 Å². The molecule has 0 spiro atoms. The number of benzene rings is 2. The number of hydrogen-bond donors (Lipinski definition) is 2. The van der Waals surface area contributed by atoms with Gasteiger partial charge in [-0.05, 0) is 48.9 Å². The average Bonchev–Trinajstić information content (AvgIpc) is 3.30. The molecule has 25 heavy (non-hydrogen) atoms. The molecule has 0 aliphatic carbocycles. The summed E-state index contributed by atoms with van der Waals surface area (Å²) < 4.78 is 5.40. The highest BCUT2D eigenvalue weighted by molar-refractivity contribution is 6.05. The summed E-state index contributed by atoms with van der Waals surface area (Å²) in [4.78, 5) is 14.7. The minimum atomic E-state index is -0.168. The molecule has 0 bridgehead atoms.